The van der Waals surface area contributed by atoms with Gasteiger partial charge in [0.05, 0.1) is 23.4 Å². The Balaban J connectivity index is 1.46. The summed E-state index contributed by atoms with van der Waals surface area (Å²) in [5, 5.41) is 3.59. The lowest BCUT2D eigenvalue weighted by Crippen LogP contribution is -2.30. The molecule has 0 radical (unpaired) electrons. The van der Waals surface area contributed by atoms with Crippen LogP contribution in [0.2, 0.25) is 0 Å². The highest BCUT2D eigenvalue weighted by Gasteiger charge is 2.34. The summed E-state index contributed by atoms with van der Waals surface area (Å²) in [7, 11) is 0. The maximum Gasteiger partial charge on any atom is 0.345 e. The maximum absolute atomic E-state index is 12.2. The normalized spacial score (nSPS) is 13.2. The van der Waals surface area contributed by atoms with Crippen LogP contribution in [0.3, 0.4) is 0 Å². The predicted molar refractivity (Wildman–Crippen MR) is 87.0 cm³/mol. The highest BCUT2D eigenvalue weighted by Crippen LogP contribution is 2.22. The van der Waals surface area contributed by atoms with Crippen LogP contribution in [-0.4, -0.2) is 41.0 Å². The van der Waals surface area contributed by atoms with Gasteiger partial charge in [0.25, 0.3) is 11.8 Å². The molecule has 130 valence electrons. The molecule has 0 spiro atoms. The second kappa shape index (κ2) is 6.76. The number of ether oxygens (including phenoxy) is 1. The largest absolute Gasteiger partial charge is 0.462 e. The van der Waals surface area contributed by atoms with Crippen LogP contribution < -0.4 is 5.73 Å². The Hall–Kier alpha value is -3.16. The quantitative estimate of drug-likeness (QED) is 0.483. The second-order valence-electron chi connectivity index (χ2n) is 5.66. The van der Waals surface area contributed by atoms with Gasteiger partial charge in [0.15, 0.2) is 0 Å². The first-order chi connectivity index (χ1) is 12.0. The van der Waals surface area contributed by atoms with Gasteiger partial charge in [0, 0.05) is 6.54 Å². The summed E-state index contributed by atoms with van der Waals surface area (Å²) in [6, 6.07) is 6.74. The third kappa shape index (κ3) is 3.10. The average molecular weight is 343 g/mol. The van der Waals surface area contributed by atoms with Crippen molar-refractivity contribution in [1.82, 2.24) is 10.1 Å². The Morgan fingerprint density at radius 1 is 1.20 bits per heavy atom. The number of unbranched alkanes of at least 4 members (excludes halogenated alkanes) is 1. The Morgan fingerprint density at radius 2 is 1.84 bits per heavy atom. The van der Waals surface area contributed by atoms with E-state index in [9.17, 15) is 14.4 Å². The number of carbonyl (C=O) groups is 3. The molecule has 2 N–H and O–H groups in total. The van der Waals surface area contributed by atoms with E-state index < -0.39 is 5.97 Å². The average Bonchev–Trinajstić information content (AvgIpc) is 3.06. The monoisotopic (exact) mass is 343 g/mol. The number of hydrogen-bond donors (Lipinski definition) is 1. The summed E-state index contributed by atoms with van der Waals surface area (Å²) >= 11 is 0. The van der Waals surface area contributed by atoms with Crippen molar-refractivity contribution >= 4 is 23.7 Å². The van der Waals surface area contributed by atoms with Crippen molar-refractivity contribution in [2.45, 2.75) is 19.8 Å². The Labute approximate surface area is 143 Å². The number of nitrogens with two attached hydrogens (primary N) is 1. The van der Waals surface area contributed by atoms with E-state index in [1.807, 2.05) is 0 Å². The van der Waals surface area contributed by atoms with Crippen LogP contribution in [0.25, 0.3) is 0 Å². The fourth-order valence-electron chi connectivity index (χ4n) is 2.69. The number of esters is 1. The van der Waals surface area contributed by atoms with Crippen LogP contribution in [0.15, 0.2) is 28.8 Å². The van der Waals surface area contributed by atoms with Gasteiger partial charge in [-0.15, -0.1) is 0 Å². The molecule has 1 aromatic carbocycles. The highest BCUT2D eigenvalue weighted by molar-refractivity contribution is 6.21. The number of carbonyl (C=O) groups excluding carboxylic acids is 3. The molecule has 2 aromatic rings. The Bertz CT molecular complexity index is 788. The number of aryl methyl sites for hydroxylation is 1. The first kappa shape index (κ1) is 16.7. The number of amides is 2. The zero-order valence-electron chi connectivity index (χ0n) is 13.7. The molecule has 8 nitrogen and oxygen atoms in total. The van der Waals surface area contributed by atoms with Crippen molar-refractivity contribution in [3.63, 3.8) is 0 Å². The molecule has 8 heteroatoms. The molecule has 1 aliphatic heterocycles. The molecule has 0 bridgehead atoms. The molecule has 0 aliphatic carbocycles. The lowest BCUT2D eigenvalue weighted by molar-refractivity contribution is 0.0485. The number of hydrogen-bond acceptors (Lipinski definition) is 7. The summed E-state index contributed by atoms with van der Waals surface area (Å²) in [4.78, 5) is 37.5. The predicted octanol–water partition coefficient (Wildman–Crippen LogP) is 1.80. The summed E-state index contributed by atoms with van der Waals surface area (Å²) in [6.45, 7) is 2.02. The Kier molecular flexibility index (Phi) is 4.51. The van der Waals surface area contributed by atoms with Gasteiger partial charge in [-0.25, -0.2) is 4.79 Å². The first-order valence-corrected chi connectivity index (χ1v) is 7.84. The lowest BCUT2D eigenvalue weighted by Gasteiger charge is -2.13. The van der Waals surface area contributed by atoms with Crippen molar-refractivity contribution in [3.8, 4) is 0 Å². The number of rotatable bonds is 6. The fourth-order valence-corrected chi connectivity index (χ4v) is 2.69. The van der Waals surface area contributed by atoms with Crippen LogP contribution in [0.1, 0.15) is 49.6 Å². The zero-order chi connectivity index (χ0) is 18.0. The van der Waals surface area contributed by atoms with Gasteiger partial charge >= 0.3 is 5.97 Å². The van der Waals surface area contributed by atoms with Crippen molar-refractivity contribution < 1.29 is 23.6 Å². The second-order valence-corrected chi connectivity index (χ2v) is 5.66. The third-order valence-corrected chi connectivity index (χ3v) is 3.98. The fraction of sp³-hybridized carbons (Fsp3) is 0.294. The molecule has 0 unspecified atom stereocenters. The number of nitrogen functional groups attached to an aromatic ring is 1. The van der Waals surface area contributed by atoms with Crippen molar-refractivity contribution in [1.29, 1.82) is 0 Å². The standard InChI is InChI=1S/C17H17N3O5/c1-10-13(14(18)25-19-10)17(23)24-9-5-4-8-20-15(21)11-6-2-3-7-12(11)16(20)22/h2-3,6-7H,4-5,8-9,18H2,1H3. The SMILES string of the molecule is Cc1noc(N)c1C(=O)OCCCCN1C(=O)c2ccccc2C1=O. The molecule has 0 saturated carbocycles. The summed E-state index contributed by atoms with van der Waals surface area (Å²) in [5.41, 5.74) is 6.87. The zero-order valence-corrected chi connectivity index (χ0v) is 13.7. The molecule has 25 heavy (non-hydrogen) atoms. The van der Waals surface area contributed by atoms with Crippen LogP contribution in [0, 0.1) is 6.92 Å². The molecule has 2 heterocycles. The number of fused-ring (bicyclic) bond motifs is 1. The summed E-state index contributed by atoms with van der Waals surface area (Å²) in [5.74, 6) is -1.25. The number of nitrogens with zero attached hydrogens (tertiary/aromatic N) is 2. The maximum atomic E-state index is 12.2. The van der Waals surface area contributed by atoms with Crippen LogP contribution in [0.4, 0.5) is 5.88 Å². The molecule has 3 rings (SSSR count). The highest BCUT2D eigenvalue weighted by atomic mass is 16.5. The molecule has 2 amide bonds. The number of aromatic nitrogens is 1. The minimum absolute atomic E-state index is 0.0754. The van der Waals surface area contributed by atoms with E-state index in [1.165, 1.54) is 4.90 Å². The molecule has 0 fully saturated rings. The smallest absolute Gasteiger partial charge is 0.345 e. The topological polar surface area (TPSA) is 116 Å². The van der Waals surface area contributed by atoms with E-state index in [0.717, 1.165) is 0 Å². The molecule has 1 aliphatic rings. The number of benzene rings is 1. The van der Waals surface area contributed by atoms with E-state index in [2.05, 4.69) is 5.16 Å². The van der Waals surface area contributed by atoms with E-state index in [1.54, 1.807) is 31.2 Å². The van der Waals surface area contributed by atoms with Crippen LogP contribution >= 0.6 is 0 Å². The Morgan fingerprint density at radius 3 is 2.40 bits per heavy atom. The molecular weight excluding hydrogens is 326 g/mol. The minimum Gasteiger partial charge on any atom is -0.462 e. The van der Waals surface area contributed by atoms with Gasteiger partial charge in [-0.05, 0) is 31.9 Å². The van der Waals surface area contributed by atoms with E-state index >= 15 is 0 Å². The van der Waals surface area contributed by atoms with Gasteiger partial charge in [-0.2, -0.15) is 0 Å². The lowest BCUT2D eigenvalue weighted by atomic mass is 10.1. The van der Waals surface area contributed by atoms with E-state index in [-0.39, 0.29) is 36.4 Å². The van der Waals surface area contributed by atoms with E-state index in [4.69, 9.17) is 15.0 Å². The van der Waals surface area contributed by atoms with Gasteiger partial charge in [-0.1, -0.05) is 17.3 Å². The van der Waals surface area contributed by atoms with Crippen molar-refractivity contribution in [3.05, 3.63) is 46.6 Å². The number of imide groups is 1. The first-order valence-electron chi connectivity index (χ1n) is 7.84. The van der Waals surface area contributed by atoms with Gasteiger partial charge in [0.1, 0.15) is 5.56 Å². The van der Waals surface area contributed by atoms with Gasteiger partial charge in [-0.3, -0.25) is 14.5 Å². The number of anilines is 1. The van der Waals surface area contributed by atoms with E-state index in [0.29, 0.717) is 29.7 Å². The summed E-state index contributed by atoms with van der Waals surface area (Å²) < 4.78 is 9.83. The third-order valence-electron chi connectivity index (χ3n) is 3.98. The molecular formula is C17H17N3O5. The molecule has 0 atom stereocenters. The van der Waals surface area contributed by atoms with Gasteiger partial charge < -0.3 is 15.0 Å². The van der Waals surface area contributed by atoms with Crippen molar-refractivity contribution in [2.75, 3.05) is 18.9 Å². The van der Waals surface area contributed by atoms with Crippen LogP contribution in [-0.2, 0) is 4.74 Å². The molecule has 1 aromatic heterocycles. The van der Waals surface area contributed by atoms with Crippen LogP contribution in [0.5, 0.6) is 0 Å². The molecule has 0 saturated heterocycles. The summed E-state index contributed by atoms with van der Waals surface area (Å²) in [6.07, 6.45) is 1.03. The minimum atomic E-state index is -0.600. The van der Waals surface area contributed by atoms with Crippen molar-refractivity contribution in [2.24, 2.45) is 0 Å². The van der Waals surface area contributed by atoms with Gasteiger partial charge in [0.2, 0.25) is 5.88 Å².